The lowest BCUT2D eigenvalue weighted by Crippen LogP contribution is -2.41. The van der Waals surface area contributed by atoms with Crippen LogP contribution in [0, 0.1) is 0 Å². The molecule has 0 spiro atoms. The van der Waals surface area contributed by atoms with E-state index in [-0.39, 0.29) is 0 Å². The van der Waals surface area contributed by atoms with Gasteiger partial charge >= 0.3 is 0 Å². The number of hydrogen-bond acceptors (Lipinski definition) is 2. The molecule has 3 heteroatoms. The SMILES string of the molecule is CNC1CCC(O)(Cc2ccccc2Br)CC1. The van der Waals surface area contributed by atoms with Gasteiger partial charge in [0.25, 0.3) is 0 Å². The molecule has 0 radical (unpaired) electrons. The third-order valence-corrected chi connectivity index (χ3v) is 4.58. The summed E-state index contributed by atoms with van der Waals surface area (Å²) >= 11 is 3.55. The first kappa shape index (κ1) is 13.1. The number of benzene rings is 1. The van der Waals surface area contributed by atoms with Crippen LogP contribution < -0.4 is 5.32 Å². The van der Waals surface area contributed by atoms with E-state index < -0.39 is 5.60 Å². The van der Waals surface area contributed by atoms with Gasteiger partial charge in [0, 0.05) is 16.9 Å². The Morgan fingerprint density at radius 2 is 2.00 bits per heavy atom. The molecular weight excluding hydrogens is 278 g/mol. The molecule has 1 aliphatic carbocycles. The maximum atomic E-state index is 10.6. The highest BCUT2D eigenvalue weighted by Crippen LogP contribution is 2.33. The largest absolute Gasteiger partial charge is 0.390 e. The zero-order chi connectivity index (χ0) is 12.3. The van der Waals surface area contributed by atoms with Crippen molar-refractivity contribution in [2.75, 3.05) is 7.05 Å². The molecule has 2 N–H and O–H groups in total. The molecule has 2 rings (SSSR count). The molecule has 0 aromatic heterocycles. The average molecular weight is 298 g/mol. The highest BCUT2D eigenvalue weighted by Gasteiger charge is 2.33. The quantitative estimate of drug-likeness (QED) is 0.899. The van der Waals surface area contributed by atoms with Gasteiger partial charge in [0.1, 0.15) is 0 Å². The first-order chi connectivity index (χ1) is 8.13. The van der Waals surface area contributed by atoms with E-state index in [0.29, 0.717) is 6.04 Å². The minimum Gasteiger partial charge on any atom is -0.390 e. The molecule has 1 aromatic rings. The molecule has 1 aromatic carbocycles. The summed E-state index contributed by atoms with van der Waals surface area (Å²) in [6.07, 6.45) is 4.67. The average Bonchev–Trinajstić information content (AvgIpc) is 2.33. The molecule has 1 aliphatic rings. The van der Waals surface area contributed by atoms with Crippen LogP contribution in [0.15, 0.2) is 28.7 Å². The van der Waals surface area contributed by atoms with E-state index in [4.69, 9.17) is 0 Å². The highest BCUT2D eigenvalue weighted by molar-refractivity contribution is 9.10. The van der Waals surface area contributed by atoms with Crippen molar-refractivity contribution < 1.29 is 5.11 Å². The lowest BCUT2D eigenvalue weighted by atomic mass is 9.78. The Hall–Kier alpha value is -0.380. The molecule has 0 atom stereocenters. The minimum absolute atomic E-state index is 0.517. The zero-order valence-electron chi connectivity index (χ0n) is 10.2. The molecule has 2 nitrogen and oxygen atoms in total. The monoisotopic (exact) mass is 297 g/mol. The fraction of sp³-hybridized carbons (Fsp3) is 0.571. The number of halogens is 1. The zero-order valence-corrected chi connectivity index (χ0v) is 11.8. The number of nitrogens with one attached hydrogen (secondary N) is 1. The summed E-state index contributed by atoms with van der Waals surface area (Å²) in [5, 5.41) is 13.9. The number of rotatable bonds is 3. The third-order valence-electron chi connectivity index (χ3n) is 3.80. The summed E-state index contributed by atoms with van der Waals surface area (Å²) < 4.78 is 1.10. The second kappa shape index (κ2) is 5.51. The molecule has 0 bridgehead atoms. The Labute approximate surface area is 112 Å². The van der Waals surface area contributed by atoms with Crippen LogP contribution in [0.4, 0.5) is 0 Å². The maximum absolute atomic E-state index is 10.6. The molecule has 1 saturated carbocycles. The lowest BCUT2D eigenvalue weighted by molar-refractivity contribution is -0.00255. The molecule has 0 heterocycles. The van der Waals surface area contributed by atoms with Crippen molar-refractivity contribution in [1.82, 2.24) is 5.32 Å². The van der Waals surface area contributed by atoms with Crippen LogP contribution in [-0.2, 0) is 6.42 Å². The van der Waals surface area contributed by atoms with Gasteiger partial charge in [-0.25, -0.2) is 0 Å². The summed E-state index contributed by atoms with van der Waals surface area (Å²) in [6, 6.07) is 8.75. The summed E-state index contributed by atoms with van der Waals surface area (Å²) in [5.74, 6) is 0. The van der Waals surface area contributed by atoms with Gasteiger partial charge in [0.2, 0.25) is 0 Å². The predicted octanol–water partition coefficient (Wildman–Crippen LogP) is 2.88. The van der Waals surface area contributed by atoms with Crippen molar-refractivity contribution in [1.29, 1.82) is 0 Å². The van der Waals surface area contributed by atoms with Gasteiger partial charge in [-0.15, -0.1) is 0 Å². The van der Waals surface area contributed by atoms with Gasteiger partial charge < -0.3 is 10.4 Å². The van der Waals surface area contributed by atoms with E-state index in [2.05, 4.69) is 27.3 Å². The van der Waals surface area contributed by atoms with Crippen LogP contribution >= 0.6 is 15.9 Å². The van der Waals surface area contributed by atoms with Crippen LogP contribution in [-0.4, -0.2) is 23.8 Å². The molecule has 1 fully saturated rings. The summed E-state index contributed by atoms with van der Waals surface area (Å²) in [5.41, 5.74) is 0.690. The Kier molecular flexibility index (Phi) is 4.23. The normalized spacial score (nSPS) is 29.2. The van der Waals surface area contributed by atoms with Gasteiger partial charge in [0.15, 0.2) is 0 Å². The van der Waals surface area contributed by atoms with Gasteiger partial charge in [-0.3, -0.25) is 0 Å². The van der Waals surface area contributed by atoms with Crippen molar-refractivity contribution in [3.05, 3.63) is 34.3 Å². The van der Waals surface area contributed by atoms with Crippen molar-refractivity contribution in [3.8, 4) is 0 Å². The van der Waals surface area contributed by atoms with E-state index >= 15 is 0 Å². The first-order valence-electron chi connectivity index (χ1n) is 6.26. The van der Waals surface area contributed by atoms with Crippen LogP contribution in [0.2, 0.25) is 0 Å². The standard InChI is InChI=1S/C14H20BrNO/c1-16-12-6-8-14(17,9-7-12)10-11-4-2-3-5-13(11)15/h2-5,12,16-17H,6-10H2,1H3. The van der Waals surface area contributed by atoms with E-state index in [1.54, 1.807) is 0 Å². The second-order valence-electron chi connectivity index (χ2n) is 5.06. The molecule has 94 valence electrons. The lowest BCUT2D eigenvalue weighted by Gasteiger charge is -2.36. The summed E-state index contributed by atoms with van der Waals surface area (Å²) in [7, 11) is 2.00. The molecule has 17 heavy (non-hydrogen) atoms. The van der Waals surface area contributed by atoms with Gasteiger partial charge in [-0.05, 0) is 44.4 Å². The topological polar surface area (TPSA) is 32.3 Å². The summed E-state index contributed by atoms with van der Waals surface area (Å²) in [4.78, 5) is 0. The van der Waals surface area contributed by atoms with Crippen molar-refractivity contribution >= 4 is 15.9 Å². The fourth-order valence-electron chi connectivity index (χ4n) is 2.62. The Morgan fingerprint density at radius 3 is 2.59 bits per heavy atom. The predicted molar refractivity (Wildman–Crippen MR) is 74.1 cm³/mol. The number of aliphatic hydroxyl groups is 1. The molecule has 0 amide bonds. The van der Waals surface area contributed by atoms with E-state index in [1.807, 2.05) is 25.2 Å². The van der Waals surface area contributed by atoms with Crippen LogP contribution in [0.3, 0.4) is 0 Å². The smallest absolute Gasteiger partial charge is 0.0689 e. The minimum atomic E-state index is -0.517. The molecule has 0 unspecified atom stereocenters. The second-order valence-corrected chi connectivity index (χ2v) is 5.91. The Balaban J connectivity index is 2.01. The molecule has 0 aliphatic heterocycles. The van der Waals surface area contributed by atoms with Crippen molar-refractivity contribution in [2.24, 2.45) is 0 Å². The Bertz CT molecular complexity index is 372. The maximum Gasteiger partial charge on any atom is 0.0689 e. The van der Waals surface area contributed by atoms with Crippen LogP contribution in [0.25, 0.3) is 0 Å². The van der Waals surface area contributed by atoms with Crippen molar-refractivity contribution in [2.45, 2.75) is 43.7 Å². The first-order valence-corrected chi connectivity index (χ1v) is 7.05. The molecule has 0 saturated heterocycles. The van der Waals surface area contributed by atoms with Gasteiger partial charge in [-0.1, -0.05) is 34.1 Å². The van der Waals surface area contributed by atoms with E-state index in [9.17, 15) is 5.11 Å². The van der Waals surface area contributed by atoms with Crippen LogP contribution in [0.1, 0.15) is 31.2 Å². The van der Waals surface area contributed by atoms with E-state index in [0.717, 1.165) is 36.6 Å². The van der Waals surface area contributed by atoms with Gasteiger partial charge in [-0.2, -0.15) is 0 Å². The number of hydrogen-bond donors (Lipinski definition) is 2. The Morgan fingerprint density at radius 1 is 1.35 bits per heavy atom. The van der Waals surface area contributed by atoms with Gasteiger partial charge in [0.05, 0.1) is 5.60 Å². The summed E-state index contributed by atoms with van der Waals surface area (Å²) in [6.45, 7) is 0. The fourth-order valence-corrected chi connectivity index (χ4v) is 3.04. The molecular formula is C14H20BrNO. The van der Waals surface area contributed by atoms with Crippen LogP contribution in [0.5, 0.6) is 0 Å². The van der Waals surface area contributed by atoms with Crippen molar-refractivity contribution in [3.63, 3.8) is 0 Å². The van der Waals surface area contributed by atoms with E-state index in [1.165, 1.54) is 5.56 Å². The third kappa shape index (κ3) is 3.30. The highest BCUT2D eigenvalue weighted by atomic mass is 79.9.